The Labute approximate surface area is 145 Å². The topological polar surface area (TPSA) is 97.4 Å². The fraction of sp³-hybridized carbons (Fsp3) is 0.438. The second-order valence-corrected chi connectivity index (χ2v) is 6.59. The number of rotatable bonds is 3. The molecule has 24 heavy (non-hydrogen) atoms. The molecule has 128 valence electrons. The van der Waals surface area contributed by atoms with E-state index in [1.54, 1.807) is 32.2 Å². The Morgan fingerprint density at radius 3 is 2.58 bits per heavy atom. The number of nitrogen functional groups attached to an aromatic ring is 1. The molecule has 7 nitrogen and oxygen atoms in total. The predicted molar refractivity (Wildman–Crippen MR) is 93.0 cm³/mol. The Balaban J connectivity index is 2.10. The maximum absolute atomic E-state index is 10.4. The molecule has 1 aliphatic rings. The monoisotopic (exact) mass is 349 g/mol. The van der Waals surface area contributed by atoms with Crippen LogP contribution < -0.4 is 10.6 Å². The standard InChI is InChI=1S/C16H20ClN5O2/c1-16(2,23)13-8-12(10-9-19-14(18)7-11(10)17)20-15(21-13)22-3-5-24-6-4-22/h7-9,23H,3-6H2,1-2H3,(H2,18,19). The van der Waals surface area contributed by atoms with Crippen LogP contribution in [0.5, 0.6) is 0 Å². The summed E-state index contributed by atoms with van der Waals surface area (Å²) in [6.45, 7) is 6.01. The minimum Gasteiger partial charge on any atom is -0.384 e. The highest BCUT2D eigenvalue weighted by Crippen LogP contribution is 2.31. The molecule has 0 radical (unpaired) electrons. The van der Waals surface area contributed by atoms with Crippen molar-refractivity contribution in [3.8, 4) is 11.3 Å². The maximum atomic E-state index is 10.4. The van der Waals surface area contributed by atoms with Gasteiger partial charge in [-0.15, -0.1) is 0 Å². The van der Waals surface area contributed by atoms with Crippen molar-refractivity contribution in [2.24, 2.45) is 0 Å². The molecule has 2 aromatic heterocycles. The summed E-state index contributed by atoms with van der Waals surface area (Å²) in [6.07, 6.45) is 1.58. The van der Waals surface area contributed by atoms with E-state index in [1.165, 1.54) is 0 Å². The van der Waals surface area contributed by atoms with E-state index in [9.17, 15) is 5.11 Å². The van der Waals surface area contributed by atoms with Crippen molar-refractivity contribution in [1.29, 1.82) is 0 Å². The molecule has 2 aromatic rings. The van der Waals surface area contributed by atoms with Crippen LogP contribution in [0.3, 0.4) is 0 Å². The first-order valence-electron chi connectivity index (χ1n) is 7.70. The van der Waals surface area contributed by atoms with Gasteiger partial charge in [-0.3, -0.25) is 0 Å². The Morgan fingerprint density at radius 1 is 1.25 bits per heavy atom. The van der Waals surface area contributed by atoms with Crippen molar-refractivity contribution in [2.75, 3.05) is 36.9 Å². The first-order chi connectivity index (χ1) is 11.3. The molecule has 0 amide bonds. The van der Waals surface area contributed by atoms with Crippen LogP contribution in [0.25, 0.3) is 11.3 Å². The van der Waals surface area contributed by atoms with Crippen LogP contribution in [0.4, 0.5) is 11.8 Å². The summed E-state index contributed by atoms with van der Waals surface area (Å²) in [5.74, 6) is 0.884. The van der Waals surface area contributed by atoms with E-state index < -0.39 is 5.60 Å². The molecule has 3 N–H and O–H groups in total. The number of ether oxygens (including phenoxy) is 1. The van der Waals surface area contributed by atoms with E-state index >= 15 is 0 Å². The summed E-state index contributed by atoms with van der Waals surface area (Å²) < 4.78 is 5.37. The third kappa shape index (κ3) is 3.58. The number of hydrogen-bond donors (Lipinski definition) is 2. The van der Waals surface area contributed by atoms with E-state index in [0.29, 0.717) is 60.0 Å². The second-order valence-electron chi connectivity index (χ2n) is 6.19. The Hall–Kier alpha value is -1.96. The minimum atomic E-state index is -1.10. The fourth-order valence-corrected chi connectivity index (χ4v) is 2.68. The summed E-state index contributed by atoms with van der Waals surface area (Å²) in [6, 6.07) is 3.31. The molecule has 8 heteroatoms. The molecule has 1 fully saturated rings. The Kier molecular flexibility index (Phi) is 4.58. The second kappa shape index (κ2) is 6.51. The molecular weight excluding hydrogens is 330 g/mol. The molecule has 0 unspecified atom stereocenters. The molecule has 0 aliphatic carbocycles. The van der Waals surface area contributed by atoms with Gasteiger partial charge in [-0.1, -0.05) is 11.6 Å². The number of morpholine rings is 1. The highest BCUT2D eigenvalue weighted by molar-refractivity contribution is 6.33. The molecule has 0 atom stereocenters. The number of aromatic nitrogens is 3. The van der Waals surface area contributed by atoms with Gasteiger partial charge >= 0.3 is 0 Å². The smallest absolute Gasteiger partial charge is 0.226 e. The van der Waals surface area contributed by atoms with Crippen LogP contribution in [-0.2, 0) is 10.3 Å². The predicted octanol–water partition coefficient (Wildman–Crippen LogP) is 1.84. The van der Waals surface area contributed by atoms with Crippen molar-refractivity contribution in [3.05, 3.63) is 29.0 Å². The van der Waals surface area contributed by atoms with Crippen LogP contribution in [0.15, 0.2) is 18.3 Å². The van der Waals surface area contributed by atoms with Crippen molar-refractivity contribution in [3.63, 3.8) is 0 Å². The Morgan fingerprint density at radius 2 is 1.96 bits per heavy atom. The van der Waals surface area contributed by atoms with Crippen molar-refractivity contribution >= 4 is 23.4 Å². The van der Waals surface area contributed by atoms with E-state index in [1.807, 2.05) is 4.90 Å². The molecular formula is C16H20ClN5O2. The van der Waals surface area contributed by atoms with E-state index in [-0.39, 0.29) is 0 Å². The third-order valence-corrected chi connectivity index (χ3v) is 4.10. The van der Waals surface area contributed by atoms with Crippen molar-refractivity contribution < 1.29 is 9.84 Å². The van der Waals surface area contributed by atoms with Gasteiger partial charge in [0.2, 0.25) is 5.95 Å². The Bertz CT molecular complexity index is 742. The molecule has 1 aliphatic heterocycles. The molecule has 3 rings (SSSR count). The molecule has 0 spiro atoms. The average Bonchev–Trinajstić information content (AvgIpc) is 2.54. The largest absolute Gasteiger partial charge is 0.384 e. The third-order valence-electron chi connectivity index (χ3n) is 3.79. The van der Waals surface area contributed by atoms with Gasteiger partial charge in [0.15, 0.2) is 0 Å². The number of nitrogens with zero attached hydrogens (tertiary/aromatic N) is 4. The lowest BCUT2D eigenvalue weighted by molar-refractivity contribution is 0.0737. The molecule has 1 saturated heterocycles. The van der Waals surface area contributed by atoms with Gasteiger partial charge in [0, 0.05) is 24.8 Å². The number of aliphatic hydroxyl groups is 1. The van der Waals surface area contributed by atoms with Crippen LogP contribution in [0.1, 0.15) is 19.5 Å². The number of hydrogen-bond acceptors (Lipinski definition) is 7. The number of nitrogens with two attached hydrogens (primary N) is 1. The summed E-state index contributed by atoms with van der Waals surface area (Å²) >= 11 is 6.29. The molecule has 0 aromatic carbocycles. The summed E-state index contributed by atoms with van der Waals surface area (Å²) in [5, 5.41) is 10.8. The summed E-state index contributed by atoms with van der Waals surface area (Å²) in [4.78, 5) is 15.3. The van der Waals surface area contributed by atoms with Gasteiger partial charge in [-0.2, -0.15) is 0 Å². The normalized spacial score (nSPS) is 15.6. The number of anilines is 2. The maximum Gasteiger partial charge on any atom is 0.226 e. The van der Waals surface area contributed by atoms with Gasteiger partial charge in [-0.25, -0.2) is 15.0 Å². The number of pyridine rings is 1. The van der Waals surface area contributed by atoms with Gasteiger partial charge in [0.05, 0.1) is 29.6 Å². The average molecular weight is 350 g/mol. The van der Waals surface area contributed by atoms with E-state index in [2.05, 4.69) is 15.0 Å². The van der Waals surface area contributed by atoms with Crippen LogP contribution >= 0.6 is 11.6 Å². The molecule has 0 bridgehead atoms. The first kappa shape index (κ1) is 16.9. The lowest BCUT2D eigenvalue weighted by Gasteiger charge is -2.28. The first-order valence-corrected chi connectivity index (χ1v) is 8.08. The van der Waals surface area contributed by atoms with Gasteiger partial charge in [0.1, 0.15) is 11.4 Å². The molecule has 3 heterocycles. The number of halogens is 1. The summed E-state index contributed by atoms with van der Waals surface area (Å²) in [7, 11) is 0. The highest BCUT2D eigenvalue weighted by atomic mass is 35.5. The zero-order valence-corrected chi connectivity index (χ0v) is 14.4. The van der Waals surface area contributed by atoms with Gasteiger partial charge in [-0.05, 0) is 26.0 Å². The van der Waals surface area contributed by atoms with Crippen LogP contribution in [-0.4, -0.2) is 46.4 Å². The van der Waals surface area contributed by atoms with Gasteiger partial charge in [0.25, 0.3) is 0 Å². The van der Waals surface area contributed by atoms with Crippen LogP contribution in [0.2, 0.25) is 5.02 Å². The van der Waals surface area contributed by atoms with Crippen molar-refractivity contribution in [1.82, 2.24) is 15.0 Å². The zero-order chi connectivity index (χ0) is 17.3. The van der Waals surface area contributed by atoms with Crippen molar-refractivity contribution in [2.45, 2.75) is 19.4 Å². The SMILES string of the molecule is CC(C)(O)c1cc(-c2cnc(N)cc2Cl)nc(N2CCOCC2)n1. The van der Waals surface area contributed by atoms with Crippen LogP contribution in [0, 0.1) is 0 Å². The fourth-order valence-electron chi connectivity index (χ4n) is 2.42. The lowest BCUT2D eigenvalue weighted by atomic mass is 10.0. The van der Waals surface area contributed by atoms with Gasteiger partial charge < -0.3 is 20.5 Å². The minimum absolute atomic E-state index is 0.342. The quantitative estimate of drug-likeness (QED) is 0.872. The zero-order valence-electron chi connectivity index (χ0n) is 13.7. The summed E-state index contributed by atoms with van der Waals surface area (Å²) in [5.41, 5.74) is 6.32. The lowest BCUT2D eigenvalue weighted by Crippen LogP contribution is -2.38. The van der Waals surface area contributed by atoms with E-state index in [0.717, 1.165) is 0 Å². The molecule has 0 saturated carbocycles. The van der Waals surface area contributed by atoms with E-state index in [4.69, 9.17) is 22.1 Å². The highest BCUT2D eigenvalue weighted by Gasteiger charge is 2.24.